The lowest BCUT2D eigenvalue weighted by molar-refractivity contribution is 0.0527. The van der Waals surface area contributed by atoms with Crippen LogP contribution in [0, 0.1) is 6.92 Å². The summed E-state index contributed by atoms with van der Waals surface area (Å²) in [6.07, 6.45) is 1.51. The van der Waals surface area contributed by atoms with Crippen LogP contribution in [0.5, 0.6) is 0 Å². The Morgan fingerprint density at radius 3 is 2.66 bits per heavy atom. The molecule has 0 spiro atoms. The Hall–Kier alpha value is -3.48. The summed E-state index contributed by atoms with van der Waals surface area (Å²) in [6, 6.07) is 13.3. The summed E-state index contributed by atoms with van der Waals surface area (Å²) in [5, 5.41) is 14.6. The lowest BCUT2D eigenvalue weighted by Gasteiger charge is -2.16. The standard InChI is InChI=1S/C22H25N5O2/c1-5-29-21(28)17-10-6-7-12-18(17)24-19-13-23-27-22(25-19)26-20-15(4)9-8-11-16(20)14(2)3/h6-14H,5H2,1-4H3,(H2,24,25,26,27). The summed E-state index contributed by atoms with van der Waals surface area (Å²) in [4.78, 5) is 16.7. The van der Waals surface area contributed by atoms with Gasteiger partial charge in [-0.1, -0.05) is 44.2 Å². The number of nitrogens with one attached hydrogen (secondary N) is 2. The summed E-state index contributed by atoms with van der Waals surface area (Å²) < 4.78 is 5.12. The lowest BCUT2D eigenvalue weighted by Crippen LogP contribution is -2.09. The van der Waals surface area contributed by atoms with E-state index < -0.39 is 5.97 Å². The maximum atomic E-state index is 12.2. The molecule has 0 unspecified atom stereocenters. The van der Waals surface area contributed by atoms with Gasteiger partial charge >= 0.3 is 5.97 Å². The predicted molar refractivity (Wildman–Crippen MR) is 114 cm³/mol. The smallest absolute Gasteiger partial charge is 0.340 e. The van der Waals surface area contributed by atoms with Gasteiger partial charge in [-0.25, -0.2) is 4.79 Å². The minimum Gasteiger partial charge on any atom is -0.462 e. The van der Waals surface area contributed by atoms with Crippen LogP contribution < -0.4 is 10.6 Å². The molecular formula is C22H25N5O2. The predicted octanol–water partition coefficient (Wildman–Crippen LogP) is 4.97. The van der Waals surface area contributed by atoms with E-state index >= 15 is 0 Å². The number of hydrogen-bond acceptors (Lipinski definition) is 7. The maximum absolute atomic E-state index is 12.2. The Kier molecular flexibility index (Phi) is 6.39. The van der Waals surface area contributed by atoms with Crippen LogP contribution in [0.1, 0.15) is 48.2 Å². The Labute approximate surface area is 170 Å². The molecule has 3 aromatic rings. The van der Waals surface area contributed by atoms with Gasteiger partial charge in [0.15, 0.2) is 5.82 Å². The number of aryl methyl sites for hydroxylation is 1. The molecule has 0 radical (unpaired) electrons. The van der Waals surface area contributed by atoms with Crippen molar-refractivity contribution >= 4 is 29.1 Å². The van der Waals surface area contributed by atoms with Gasteiger partial charge in [-0.2, -0.15) is 10.1 Å². The minimum atomic E-state index is -0.391. The average molecular weight is 391 g/mol. The zero-order chi connectivity index (χ0) is 20.8. The lowest BCUT2D eigenvalue weighted by atomic mass is 9.98. The first-order valence-corrected chi connectivity index (χ1v) is 9.59. The monoisotopic (exact) mass is 391 g/mol. The fourth-order valence-corrected chi connectivity index (χ4v) is 2.99. The third-order valence-electron chi connectivity index (χ3n) is 4.41. The molecule has 1 heterocycles. The van der Waals surface area contributed by atoms with Crippen LogP contribution >= 0.6 is 0 Å². The van der Waals surface area contributed by atoms with Gasteiger partial charge in [0.2, 0.25) is 5.95 Å². The first kappa shape index (κ1) is 20.3. The van der Waals surface area contributed by atoms with Crippen molar-refractivity contribution in [2.24, 2.45) is 0 Å². The molecule has 0 fully saturated rings. The van der Waals surface area contributed by atoms with Crippen LogP contribution in [0.2, 0.25) is 0 Å². The van der Waals surface area contributed by atoms with Gasteiger partial charge in [0.1, 0.15) is 0 Å². The fraction of sp³-hybridized carbons (Fsp3) is 0.273. The normalized spacial score (nSPS) is 10.7. The molecule has 1 aromatic heterocycles. The van der Waals surface area contributed by atoms with E-state index in [2.05, 4.69) is 45.7 Å². The first-order valence-electron chi connectivity index (χ1n) is 9.59. The van der Waals surface area contributed by atoms with Crippen LogP contribution in [-0.2, 0) is 4.74 Å². The van der Waals surface area contributed by atoms with E-state index in [9.17, 15) is 4.79 Å². The quantitative estimate of drug-likeness (QED) is 0.550. The summed E-state index contributed by atoms with van der Waals surface area (Å²) in [7, 11) is 0. The Bertz CT molecular complexity index is 1000. The number of benzene rings is 2. The van der Waals surface area contributed by atoms with E-state index in [-0.39, 0.29) is 0 Å². The van der Waals surface area contributed by atoms with E-state index in [0.29, 0.717) is 35.5 Å². The second kappa shape index (κ2) is 9.14. The zero-order valence-electron chi connectivity index (χ0n) is 17.1. The van der Waals surface area contributed by atoms with Gasteiger partial charge in [0.25, 0.3) is 0 Å². The molecule has 29 heavy (non-hydrogen) atoms. The highest BCUT2D eigenvalue weighted by Crippen LogP contribution is 2.29. The molecule has 0 atom stereocenters. The highest BCUT2D eigenvalue weighted by Gasteiger charge is 2.14. The van der Waals surface area contributed by atoms with Crippen molar-refractivity contribution in [3.05, 3.63) is 65.4 Å². The largest absolute Gasteiger partial charge is 0.462 e. The summed E-state index contributed by atoms with van der Waals surface area (Å²) in [6.45, 7) is 8.41. The molecule has 2 aromatic carbocycles. The number of carbonyl (C=O) groups excluding carboxylic acids is 1. The van der Waals surface area contributed by atoms with Gasteiger partial charge < -0.3 is 15.4 Å². The molecule has 0 saturated heterocycles. The number of para-hydroxylation sites is 2. The summed E-state index contributed by atoms with van der Waals surface area (Å²) in [5.41, 5.74) is 4.29. The van der Waals surface area contributed by atoms with E-state index in [0.717, 1.165) is 11.3 Å². The molecule has 7 nitrogen and oxygen atoms in total. The van der Waals surface area contributed by atoms with Crippen molar-refractivity contribution in [1.29, 1.82) is 0 Å². The molecule has 0 bridgehead atoms. The van der Waals surface area contributed by atoms with Crippen molar-refractivity contribution in [2.45, 2.75) is 33.6 Å². The van der Waals surface area contributed by atoms with E-state index in [1.807, 2.05) is 25.1 Å². The third kappa shape index (κ3) is 4.87. The molecule has 7 heteroatoms. The Morgan fingerprint density at radius 1 is 1.10 bits per heavy atom. The number of esters is 1. The Balaban J connectivity index is 1.87. The van der Waals surface area contributed by atoms with Crippen molar-refractivity contribution < 1.29 is 9.53 Å². The fourth-order valence-electron chi connectivity index (χ4n) is 2.99. The van der Waals surface area contributed by atoms with E-state index in [1.54, 1.807) is 25.1 Å². The van der Waals surface area contributed by atoms with Gasteiger partial charge in [0.05, 0.1) is 24.1 Å². The van der Waals surface area contributed by atoms with Gasteiger partial charge in [0, 0.05) is 5.69 Å². The van der Waals surface area contributed by atoms with Crippen LogP contribution in [0.25, 0.3) is 0 Å². The Morgan fingerprint density at radius 2 is 1.90 bits per heavy atom. The summed E-state index contributed by atoms with van der Waals surface area (Å²) in [5.74, 6) is 0.805. The molecule has 150 valence electrons. The number of carbonyl (C=O) groups is 1. The van der Waals surface area contributed by atoms with Crippen LogP contribution in [0.3, 0.4) is 0 Å². The van der Waals surface area contributed by atoms with Crippen molar-refractivity contribution in [2.75, 3.05) is 17.2 Å². The molecule has 0 aliphatic heterocycles. The number of aromatic nitrogens is 3. The maximum Gasteiger partial charge on any atom is 0.340 e. The number of rotatable bonds is 7. The van der Waals surface area contributed by atoms with E-state index in [4.69, 9.17) is 4.74 Å². The second-order valence-corrected chi connectivity index (χ2v) is 6.88. The number of anilines is 4. The third-order valence-corrected chi connectivity index (χ3v) is 4.41. The number of nitrogens with zero attached hydrogens (tertiary/aromatic N) is 3. The number of ether oxygens (including phenoxy) is 1. The van der Waals surface area contributed by atoms with Crippen molar-refractivity contribution in [3.8, 4) is 0 Å². The topological polar surface area (TPSA) is 89.0 Å². The van der Waals surface area contributed by atoms with Gasteiger partial charge in [-0.15, -0.1) is 5.10 Å². The minimum absolute atomic E-state index is 0.310. The molecule has 0 amide bonds. The summed E-state index contributed by atoms with van der Waals surface area (Å²) >= 11 is 0. The SMILES string of the molecule is CCOC(=O)c1ccccc1Nc1cnnc(Nc2c(C)cccc2C(C)C)n1. The zero-order valence-corrected chi connectivity index (χ0v) is 17.1. The highest BCUT2D eigenvalue weighted by molar-refractivity contribution is 5.96. The molecule has 0 aliphatic rings. The van der Waals surface area contributed by atoms with Crippen LogP contribution in [-0.4, -0.2) is 27.8 Å². The molecule has 2 N–H and O–H groups in total. The van der Waals surface area contributed by atoms with E-state index in [1.165, 1.54) is 11.8 Å². The number of hydrogen-bond donors (Lipinski definition) is 2. The van der Waals surface area contributed by atoms with Gasteiger partial charge in [-0.3, -0.25) is 0 Å². The van der Waals surface area contributed by atoms with Crippen molar-refractivity contribution in [1.82, 2.24) is 15.2 Å². The van der Waals surface area contributed by atoms with Crippen LogP contribution in [0.15, 0.2) is 48.7 Å². The van der Waals surface area contributed by atoms with Crippen LogP contribution in [0.4, 0.5) is 23.1 Å². The molecule has 0 saturated carbocycles. The van der Waals surface area contributed by atoms with Crippen molar-refractivity contribution in [3.63, 3.8) is 0 Å². The first-order chi connectivity index (χ1) is 14.0. The second-order valence-electron chi connectivity index (χ2n) is 6.88. The molecule has 3 rings (SSSR count). The molecular weight excluding hydrogens is 366 g/mol. The average Bonchev–Trinajstić information content (AvgIpc) is 2.70. The van der Waals surface area contributed by atoms with Gasteiger partial charge in [-0.05, 0) is 43.0 Å². The highest BCUT2D eigenvalue weighted by atomic mass is 16.5. The molecule has 0 aliphatic carbocycles.